The molecule has 19 heavy (non-hydrogen) atoms. The minimum Gasteiger partial charge on any atom is -0.483 e. The molecule has 0 aliphatic heterocycles. The monoisotopic (exact) mass is 276 g/mol. The van der Waals surface area contributed by atoms with Crippen LogP contribution in [-0.2, 0) is 4.79 Å². The van der Waals surface area contributed by atoms with Crippen molar-refractivity contribution in [1.29, 1.82) is 0 Å². The quantitative estimate of drug-likeness (QED) is 0.845. The Morgan fingerprint density at radius 3 is 2.63 bits per heavy atom. The van der Waals surface area contributed by atoms with Crippen molar-refractivity contribution >= 4 is 28.5 Å². The van der Waals surface area contributed by atoms with Gasteiger partial charge in [0.15, 0.2) is 0 Å². The highest BCUT2D eigenvalue weighted by Crippen LogP contribution is 2.25. The van der Waals surface area contributed by atoms with Crippen molar-refractivity contribution in [3.05, 3.63) is 42.0 Å². The van der Waals surface area contributed by atoms with Crippen LogP contribution in [0.2, 0.25) is 0 Å². The zero-order valence-electron chi connectivity index (χ0n) is 10.9. The van der Waals surface area contributed by atoms with Crippen molar-refractivity contribution in [3.8, 4) is 5.75 Å². The number of ether oxygens (including phenoxy) is 1. The lowest BCUT2D eigenvalue weighted by molar-refractivity contribution is -0.138. The number of fused-ring (bicyclic) bond motifs is 1. The van der Waals surface area contributed by atoms with Gasteiger partial charge < -0.3 is 9.84 Å². The molecule has 0 aliphatic carbocycles. The minimum atomic E-state index is -0.806. The van der Waals surface area contributed by atoms with Crippen molar-refractivity contribution in [2.45, 2.75) is 12.8 Å². The SMILES string of the molecule is CSCOc1ccc2cc(C(C)C(=O)O)ccc2c1. The maximum absolute atomic E-state index is 11.0. The number of rotatable bonds is 5. The molecule has 4 heteroatoms. The predicted molar refractivity (Wildman–Crippen MR) is 79.0 cm³/mol. The van der Waals surface area contributed by atoms with E-state index in [4.69, 9.17) is 9.84 Å². The average molecular weight is 276 g/mol. The van der Waals surface area contributed by atoms with E-state index in [1.165, 1.54) is 0 Å². The summed E-state index contributed by atoms with van der Waals surface area (Å²) in [7, 11) is 0. The molecule has 3 nitrogen and oxygen atoms in total. The Balaban J connectivity index is 2.32. The Kier molecular flexibility index (Phi) is 4.32. The lowest BCUT2D eigenvalue weighted by Crippen LogP contribution is -2.07. The number of carbonyl (C=O) groups is 1. The van der Waals surface area contributed by atoms with Gasteiger partial charge in [-0.05, 0) is 41.6 Å². The number of hydrogen-bond donors (Lipinski definition) is 1. The van der Waals surface area contributed by atoms with Gasteiger partial charge in [-0.1, -0.05) is 24.3 Å². The molecule has 100 valence electrons. The fraction of sp³-hybridized carbons (Fsp3) is 0.267. The maximum Gasteiger partial charge on any atom is 0.310 e. The van der Waals surface area contributed by atoms with Gasteiger partial charge in [-0.3, -0.25) is 4.79 Å². The summed E-state index contributed by atoms with van der Waals surface area (Å²) in [4.78, 5) is 11.0. The Bertz CT molecular complexity index is 595. The topological polar surface area (TPSA) is 46.5 Å². The summed E-state index contributed by atoms with van der Waals surface area (Å²) in [5, 5.41) is 11.1. The molecule has 0 fully saturated rings. The molecule has 2 aromatic carbocycles. The molecule has 1 N–H and O–H groups in total. The summed E-state index contributed by atoms with van der Waals surface area (Å²) in [6, 6.07) is 11.6. The maximum atomic E-state index is 11.0. The van der Waals surface area contributed by atoms with Crippen LogP contribution in [0, 0.1) is 0 Å². The van der Waals surface area contributed by atoms with E-state index in [2.05, 4.69) is 0 Å². The molecule has 0 radical (unpaired) electrons. The zero-order chi connectivity index (χ0) is 13.8. The van der Waals surface area contributed by atoms with Crippen LogP contribution in [0.4, 0.5) is 0 Å². The van der Waals surface area contributed by atoms with Gasteiger partial charge in [-0.2, -0.15) is 0 Å². The molecule has 0 bridgehead atoms. The van der Waals surface area contributed by atoms with Crippen molar-refractivity contribution in [2.24, 2.45) is 0 Å². The lowest BCUT2D eigenvalue weighted by Gasteiger charge is -2.09. The molecule has 0 heterocycles. The first kappa shape index (κ1) is 13.7. The van der Waals surface area contributed by atoms with Gasteiger partial charge in [-0.25, -0.2) is 0 Å². The second kappa shape index (κ2) is 5.97. The van der Waals surface area contributed by atoms with Gasteiger partial charge in [-0.15, -0.1) is 11.8 Å². The van der Waals surface area contributed by atoms with Crippen LogP contribution >= 0.6 is 11.8 Å². The molecule has 0 aliphatic rings. The fourth-order valence-electron chi connectivity index (χ4n) is 1.87. The van der Waals surface area contributed by atoms with Gasteiger partial charge in [0, 0.05) is 0 Å². The van der Waals surface area contributed by atoms with E-state index in [-0.39, 0.29) is 0 Å². The third-order valence-electron chi connectivity index (χ3n) is 3.05. The third-order valence-corrected chi connectivity index (χ3v) is 3.40. The first-order valence-electron chi connectivity index (χ1n) is 6.00. The number of carboxylic acids is 1. The number of hydrogen-bond acceptors (Lipinski definition) is 3. The highest BCUT2D eigenvalue weighted by atomic mass is 32.2. The van der Waals surface area contributed by atoms with Gasteiger partial charge in [0.1, 0.15) is 11.7 Å². The van der Waals surface area contributed by atoms with Crippen molar-refractivity contribution in [2.75, 3.05) is 12.2 Å². The molecule has 0 amide bonds. The van der Waals surface area contributed by atoms with Crippen LogP contribution in [-0.4, -0.2) is 23.3 Å². The van der Waals surface area contributed by atoms with E-state index in [0.29, 0.717) is 5.94 Å². The molecule has 0 spiro atoms. The number of aliphatic carboxylic acids is 1. The van der Waals surface area contributed by atoms with E-state index in [0.717, 1.165) is 22.1 Å². The first-order chi connectivity index (χ1) is 9.11. The summed E-state index contributed by atoms with van der Waals surface area (Å²) in [5.74, 6) is 0.164. The molecule has 1 unspecified atom stereocenters. The summed E-state index contributed by atoms with van der Waals surface area (Å²) in [6.07, 6.45) is 1.99. The van der Waals surface area contributed by atoms with Gasteiger partial charge in [0.25, 0.3) is 0 Å². The molecule has 0 saturated carbocycles. The Labute approximate surface area is 116 Å². The number of carboxylic acid groups (broad SMARTS) is 1. The molecule has 0 aromatic heterocycles. The summed E-state index contributed by atoms with van der Waals surface area (Å²) in [6.45, 7) is 1.69. The molecule has 2 rings (SSSR count). The highest BCUT2D eigenvalue weighted by Gasteiger charge is 2.13. The molecular weight excluding hydrogens is 260 g/mol. The first-order valence-corrected chi connectivity index (χ1v) is 7.39. The van der Waals surface area contributed by atoms with Crippen molar-refractivity contribution in [1.82, 2.24) is 0 Å². The van der Waals surface area contributed by atoms with Crippen molar-refractivity contribution in [3.63, 3.8) is 0 Å². The molecule has 0 saturated heterocycles. The van der Waals surface area contributed by atoms with E-state index < -0.39 is 11.9 Å². The van der Waals surface area contributed by atoms with Crippen LogP contribution in [0.5, 0.6) is 5.75 Å². The van der Waals surface area contributed by atoms with Crippen LogP contribution in [0.15, 0.2) is 36.4 Å². The Morgan fingerprint density at radius 1 is 1.26 bits per heavy atom. The molecule has 1 atom stereocenters. The summed E-state index contributed by atoms with van der Waals surface area (Å²) >= 11 is 1.62. The predicted octanol–water partition coefficient (Wildman–Crippen LogP) is 3.73. The second-order valence-electron chi connectivity index (χ2n) is 4.38. The Morgan fingerprint density at radius 2 is 1.95 bits per heavy atom. The highest BCUT2D eigenvalue weighted by molar-refractivity contribution is 7.98. The summed E-state index contributed by atoms with van der Waals surface area (Å²) < 4.78 is 5.55. The zero-order valence-corrected chi connectivity index (χ0v) is 11.7. The standard InChI is InChI=1S/C15H16O3S/c1-10(15(16)17)11-3-4-13-8-14(18-9-19-2)6-5-12(13)7-11/h3-8,10H,9H2,1-2H3,(H,16,17). The second-order valence-corrected chi connectivity index (χ2v) is 5.19. The number of benzene rings is 2. The molecular formula is C15H16O3S. The average Bonchev–Trinajstić information content (AvgIpc) is 2.43. The minimum absolute atomic E-state index is 0.489. The summed E-state index contributed by atoms with van der Waals surface area (Å²) in [5.41, 5.74) is 0.817. The van der Waals surface area contributed by atoms with Crippen LogP contribution < -0.4 is 4.74 Å². The van der Waals surface area contributed by atoms with E-state index >= 15 is 0 Å². The van der Waals surface area contributed by atoms with E-state index in [9.17, 15) is 4.79 Å². The third kappa shape index (κ3) is 3.20. The normalized spacial score (nSPS) is 12.3. The van der Waals surface area contributed by atoms with Crippen LogP contribution in [0.25, 0.3) is 10.8 Å². The fourth-order valence-corrected chi connectivity index (χ4v) is 2.12. The van der Waals surface area contributed by atoms with Gasteiger partial charge in [0.2, 0.25) is 0 Å². The Hall–Kier alpha value is -1.68. The van der Waals surface area contributed by atoms with Gasteiger partial charge >= 0.3 is 5.97 Å². The smallest absolute Gasteiger partial charge is 0.310 e. The lowest BCUT2D eigenvalue weighted by atomic mass is 9.98. The van der Waals surface area contributed by atoms with Crippen LogP contribution in [0.1, 0.15) is 18.4 Å². The number of thioether (sulfide) groups is 1. The largest absolute Gasteiger partial charge is 0.483 e. The molecule has 2 aromatic rings. The van der Waals surface area contributed by atoms with Crippen molar-refractivity contribution < 1.29 is 14.6 Å². The van der Waals surface area contributed by atoms with Crippen LogP contribution in [0.3, 0.4) is 0 Å². The van der Waals surface area contributed by atoms with Gasteiger partial charge in [0.05, 0.1) is 5.92 Å². The van der Waals surface area contributed by atoms with E-state index in [1.54, 1.807) is 18.7 Å². The van der Waals surface area contributed by atoms with E-state index in [1.807, 2.05) is 42.7 Å².